The summed E-state index contributed by atoms with van der Waals surface area (Å²) in [5.41, 5.74) is 2.84. The van der Waals surface area contributed by atoms with Gasteiger partial charge in [-0.15, -0.1) is 5.10 Å². The summed E-state index contributed by atoms with van der Waals surface area (Å²) in [6, 6.07) is 3.07. The number of nitrogens with one attached hydrogen (secondary N) is 1. The van der Waals surface area contributed by atoms with Gasteiger partial charge in [0.05, 0.1) is 31.1 Å². The first-order valence-electron chi connectivity index (χ1n) is 10.2. The van der Waals surface area contributed by atoms with Gasteiger partial charge in [0.25, 0.3) is 0 Å². The molecule has 1 saturated heterocycles. The van der Waals surface area contributed by atoms with Gasteiger partial charge in [-0.1, -0.05) is 11.6 Å². The van der Waals surface area contributed by atoms with Gasteiger partial charge in [0, 0.05) is 54.9 Å². The molecule has 0 amide bonds. The van der Waals surface area contributed by atoms with E-state index in [1.165, 1.54) is 0 Å². The van der Waals surface area contributed by atoms with Crippen LogP contribution in [0.1, 0.15) is 12.8 Å². The van der Waals surface area contributed by atoms with Gasteiger partial charge >= 0.3 is 0 Å². The first kappa shape index (κ1) is 18.1. The van der Waals surface area contributed by atoms with E-state index in [0.29, 0.717) is 29.0 Å². The lowest BCUT2D eigenvalue weighted by molar-refractivity contribution is -0.00443. The molecule has 2 aliphatic rings. The number of aromatic nitrogens is 6. The zero-order valence-electron chi connectivity index (χ0n) is 16.3. The van der Waals surface area contributed by atoms with Crippen molar-refractivity contribution in [2.24, 2.45) is 0 Å². The normalized spacial score (nSPS) is 22.4. The van der Waals surface area contributed by atoms with Crippen LogP contribution in [0, 0.1) is 0 Å². The molecule has 0 unspecified atom stereocenters. The number of imidazole rings is 1. The van der Waals surface area contributed by atoms with Gasteiger partial charge in [0.2, 0.25) is 11.7 Å². The second kappa shape index (κ2) is 7.19. The van der Waals surface area contributed by atoms with E-state index in [1.807, 2.05) is 29.2 Å². The minimum Gasteiger partial charge on any atom is -0.379 e. The van der Waals surface area contributed by atoms with Crippen molar-refractivity contribution in [2.45, 2.75) is 24.9 Å². The summed E-state index contributed by atoms with van der Waals surface area (Å²) in [6.45, 7) is 3.77. The highest BCUT2D eigenvalue weighted by molar-refractivity contribution is 6.29. The Balaban J connectivity index is 1.19. The van der Waals surface area contributed by atoms with Gasteiger partial charge < -0.3 is 10.1 Å². The number of fused-ring (bicyclic) bond motifs is 2. The van der Waals surface area contributed by atoms with Crippen LogP contribution in [0.15, 0.2) is 37.1 Å². The second-order valence-electron chi connectivity index (χ2n) is 7.85. The van der Waals surface area contributed by atoms with Gasteiger partial charge in [-0.2, -0.15) is 0 Å². The van der Waals surface area contributed by atoms with Crippen LogP contribution in [0.4, 0.5) is 5.95 Å². The number of ether oxygens (including phenoxy) is 1. The molecule has 2 fully saturated rings. The van der Waals surface area contributed by atoms with Crippen LogP contribution in [0.2, 0.25) is 5.15 Å². The minimum absolute atomic E-state index is 0.417. The van der Waals surface area contributed by atoms with E-state index in [9.17, 15) is 0 Å². The number of halogens is 1. The molecule has 1 saturated carbocycles. The Morgan fingerprint density at radius 1 is 1.07 bits per heavy atom. The summed E-state index contributed by atoms with van der Waals surface area (Å²) in [6.07, 6.45) is 11.3. The third-order valence-electron chi connectivity index (χ3n) is 6.06. The van der Waals surface area contributed by atoms with E-state index >= 15 is 0 Å². The summed E-state index contributed by atoms with van der Waals surface area (Å²) >= 11 is 6.19. The third kappa shape index (κ3) is 3.10. The first-order valence-corrected chi connectivity index (χ1v) is 10.5. The molecule has 1 N–H and O–H groups in total. The van der Waals surface area contributed by atoms with Crippen LogP contribution in [-0.2, 0) is 4.74 Å². The lowest BCUT2D eigenvalue weighted by Gasteiger charge is -2.44. The van der Waals surface area contributed by atoms with Crippen molar-refractivity contribution >= 4 is 28.8 Å². The largest absolute Gasteiger partial charge is 0.379 e. The molecule has 1 aliphatic heterocycles. The van der Waals surface area contributed by atoms with Gasteiger partial charge in [-0.3, -0.25) is 9.30 Å². The quantitative estimate of drug-likeness (QED) is 0.538. The third-order valence-corrected chi connectivity index (χ3v) is 6.34. The van der Waals surface area contributed by atoms with Gasteiger partial charge in [-0.25, -0.2) is 19.5 Å². The SMILES string of the molecule is Clc1cnc2ncc(-c3ccn4nc(NC5CC(N6CCOCC6)C5)ncc34)cn12. The maximum absolute atomic E-state index is 6.19. The van der Waals surface area contributed by atoms with Crippen molar-refractivity contribution in [2.75, 3.05) is 31.6 Å². The topological polar surface area (TPSA) is 84.9 Å². The summed E-state index contributed by atoms with van der Waals surface area (Å²) in [7, 11) is 0. The fourth-order valence-electron chi connectivity index (χ4n) is 4.32. The summed E-state index contributed by atoms with van der Waals surface area (Å²) in [5, 5.41) is 8.65. The Kier molecular flexibility index (Phi) is 4.33. The highest BCUT2D eigenvalue weighted by atomic mass is 35.5. The summed E-state index contributed by atoms with van der Waals surface area (Å²) < 4.78 is 9.06. The van der Waals surface area contributed by atoms with E-state index in [1.54, 1.807) is 16.8 Å². The molecular weight excluding hydrogens is 404 g/mol. The van der Waals surface area contributed by atoms with Crippen LogP contribution < -0.4 is 5.32 Å². The Hall–Kier alpha value is -2.75. The molecule has 0 aromatic carbocycles. The number of hydrogen-bond donors (Lipinski definition) is 1. The first-order chi connectivity index (χ1) is 14.7. The van der Waals surface area contributed by atoms with Crippen LogP contribution in [0.25, 0.3) is 22.4 Å². The average Bonchev–Trinajstić information content (AvgIpc) is 3.34. The minimum atomic E-state index is 0.417. The number of rotatable bonds is 4. The smallest absolute Gasteiger partial charge is 0.241 e. The van der Waals surface area contributed by atoms with Crippen molar-refractivity contribution in [3.8, 4) is 11.1 Å². The van der Waals surface area contributed by atoms with Crippen molar-refractivity contribution in [3.63, 3.8) is 0 Å². The molecule has 1 aliphatic carbocycles. The molecule has 10 heteroatoms. The second-order valence-corrected chi connectivity index (χ2v) is 8.24. The molecule has 4 aromatic heterocycles. The number of hydrogen-bond acceptors (Lipinski definition) is 7. The van der Waals surface area contributed by atoms with E-state index in [-0.39, 0.29) is 0 Å². The van der Waals surface area contributed by atoms with Crippen molar-refractivity contribution in [3.05, 3.63) is 42.2 Å². The highest BCUT2D eigenvalue weighted by Gasteiger charge is 2.34. The van der Waals surface area contributed by atoms with E-state index in [2.05, 4.69) is 30.3 Å². The summed E-state index contributed by atoms with van der Waals surface area (Å²) in [4.78, 5) is 15.6. The van der Waals surface area contributed by atoms with E-state index in [4.69, 9.17) is 16.3 Å². The maximum atomic E-state index is 6.19. The molecule has 9 nitrogen and oxygen atoms in total. The summed E-state index contributed by atoms with van der Waals surface area (Å²) in [5.74, 6) is 1.23. The molecule has 4 aromatic rings. The Morgan fingerprint density at radius 2 is 1.90 bits per heavy atom. The Bertz CT molecular complexity index is 1210. The fraction of sp³-hybridized carbons (Fsp3) is 0.400. The van der Waals surface area contributed by atoms with E-state index in [0.717, 1.165) is 55.8 Å². The maximum Gasteiger partial charge on any atom is 0.241 e. The molecule has 30 heavy (non-hydrogen) atoms. The van der Waals surface area contributed by atoms with Crippen molar-refractivity contribution in [1.82, 2.24) is 33.9 Å². The zero-order valence-corrected chi connectivity index (χ0v) is 17.0. The number of anilines is 1. The molecule has 0 radical (unpaired) electrons. The number of nitrogens with zero attached hydrogens (tertiary/aromatic N) is 7. The monoisotopic (exact) mass is 424 g/mol. The fourth-order valence-corrected chi connectivity index (χ4v) is 4.50. The van der Waals surface area contributed by atoms with Crippen LogP contribution >= 0.6 is 11.6 Å². The molecule has 0 atom stereocenters. The van der Waals surface area contributed by atoms with Crippen LogP contribution in [0.3, 0.4) is 0 Å². The molecule has 154 valence electrons. The molecule has 5 heterocycles. The van der Waals surface area contributed by atoms with Crippen molar-refractivity contribution in [1.29, 1.82) is 0 Å². The van der Waals surface area contributed by atoms with Gasteiger partial charge in [0.15, 0.2) is 0 Å². The zero-order chi connectivity index (χ0) is 20.1. The average molecular weight is 425 g/mol. The van der Waals surface area contributed by atoms with Gasteiger partial charge in [-0.05, 0) is 18.9 Å². The Labute approximate surface area is 177 Å². The lowest BCUT2D eigenvalue weighted by Crippen LogP contribution is -2.53. The molecule has 0 bridgehead atoms. The lowest BCUT2D eigenvalue weighted by atomic mass is 9.85. The van der Waals surface area contributed by atoms with Crippen LogP contribution in [0.5, 0.6) is 0 Å². The molecular formula is C20H21ClN8O. The van der Waals surface area contributed by atoms with Gasteiger partial charge in [0.1, 0.15) is 5.15 Å². The highest BCUT2D eigenvalue weighted by Crippen LogP contribution is 2.29. The predicted octanol–water partition coefficient (Wildman–Crippen LogP) is 2.37. The predicted molar refractivity (Wildman–Crippen MR) is 113 cm³/mol. The van der Waals surface area contributed by atoms with Crippen molar-refractivity contribution < 1.29 is 4.74 Å². The standard InChI is InChI=1S/C20H21ClN8O/c21-18-11-24-20-23-9-13(12-28(18)20)16-1-2-29-17(16)10-22-19(26-29)25-14-7-15(8-14)27-3-5-30-6-4-27/h1-2,9-12,14-15H,3-8H2,(H,25,26). The Morgan fingerprint density at radius 3 is 2.77 bits per heavy atom. The van der Waals surface area contributed by atoms with Crippen LogP contribution in [-0.4, -0.2) is 72.3 Å². The number of morpholine rings is 1. The van der Waals surface area contributed by atoms with E-state index < -0.39 is 0 Å². The molecule has 0 spiro atoms. The molecule has 6 rings (SSSR count).